The smallest absolute Gasteiger partial charge is 0.311 e. The molecule has 1 aliphatic rings. The molecule has 0 fully saturated rings. The van der Waals surface area contributed by atoms with Crippen molar-refractivity contribution in [1.82, 2.24) is 0 Å². The molecule has 1 aliphatic heterocycles. The molecular formula is C21H18O8. The predicted octanol–water partition coefficient (Wildman–Crippen LogP) is 3.33. The summed E-state index contributed by atoms with van der Waals surface area (Å²) in [6, 6.07) is 4.85. The van der Waals surface area contributed by atoms with E-state index in [1.165, 1.54) is 18.2 Å². The van der Waals surface area contributed by atoms with E-state index in [4.69, 9.17) is 9.15 Å². The van der Waals surface area contributed by atoms with Crippen molar-refractivity contribution in [2.24, 2.45) is 5.92 Å². The standard InChI is InChI=1S/C21H18O8/c1-8(2)10-6-15(25)28-14-7-13(24)17-18(26)19(27)20(29-21(17)16(10)14)9-3-4-11(22)12(23)5-9/h3-5,7-8,10,22-24,27H,6H2,1-2H3/t10-/m0/s1. The van der Waals surface area contributed by atoms with Crippen LogP contribution in [0, 0.1) is 5.92 Å². The lowest BCUT2D eigenvalue weighted by molar-refractivity contribution is -0.136. The number of rotatable bonds is 2. The zero-order valence-corrected chi connectivity index (χ0v) is 15.6. The fraction of sp³-hybridized carbons (Fsp3) is 0.238. The average Bonchev–Trinajstić information content (AvgIpc) is 2.65. The molecule has 0 aliphatic carbocycles. The number of phenolic OH excluding ortho intramolecular Hbond substituents is 3. The Morgan fingerprint density at radius 2 is 1.72 bits per heavy atom. The fourth-order valence-corrected chi connectivity index (χ4v) is 3.65. The highest BCUT2D eigenvalue weighted by molar-refractivity contribution is 5.93. The van der Waals surface area contributed by atoms with Crippen LogP contribution >= 0.6 is 0 Å². The van der Waals surface area contributed by atoms with Gasteiger partial charge in [-0.05, 0) is 24.1 Å². The first kappa shape index (κ1) is 18.7. The van der Waals surface area contributed by atoms with Gasteiger partial charge in [-0.15, -0.1) is 0 Å². The van der Waals surface area contributed by atoms with E-state index < -0.39 is 28.6 Å². The van der Waals surface area contributed by atoms with Crippen LogP contribution in [0.1, 0.15) is 31.7 Å². The van der Waals surface area contributed by atoms with E-state index >= 15 is 0 Å². The molecule has 150 valence electrons. The van der Waals surface area contributed by atoms with E-state index in [2.05, 4.69) is 0 Å². The molecule has 0 saturated heterocycles. The van der Waals surface area contributed by atoms with Crippen molar-refractivity contribution in [3.05, 3.63) is 40.1 Å². The van der Waals surface area contributed by atoms with Crippen LogP contribution in [0.25, 0.3) is 22.3 Å². The third-order valence-electron chi connectivity index (χ3n) is 5.15. The summed E-state index contributed by atoms with van der Waals surface area (Å²) in [5.41, 5.74) is -0.276. The molecule has 2 aromatic carbocycles. The molecule has 0 bridgehead atoms. The van der Waals surface area contributed by atoms with E-state index in [0.29, 0.717) is 5.56 Å². The van der Waals surface area contributed by atoms with Gasteiger partial charge in [0.1, 0.15) is 22.5 Å². The average molecular weight is 398 g/mol. The van der Waals surface area contributed by atoms with Gasteiger partial charge in [0.25, 0.3) is 0 Å². The van der Waals surface area contributed by atoms with Gasteiger partial charge in [-0.25, -0.2) is 0 Å². The van der Waals surface area contributed by atoms with Gasteiger partial charge in [0.15, 0.2) is 17.3 Å². The molecule has 2 heterocycles. The van der Waals surface area contributed by atoms with Gasteiger partial charge in [0.05, 0.1) is 6.42 Å². The third-order valence-corrected chi connectivity index (χ3v) is 5.15. The van der Waals surface area contributed by atoms with E-state index in [9.17, 15) is 30.0 Å². The predicted molar refractivity (Wildman–Crippen MR) is 102 cm³/mol. The number of esters is 1. The first-order valence-electron chi connectivity index (χ1n) is 8.97. The second-order valence-electron chi connectivity index (χ2n) is 7.35. The van der Waals surface area contributed by atoms with Gasteiger partial charge in [-0.2, -0.15) is 0 Å². The van der Waals surface area contributed by atoms with Crippen molar-refractivity contribution in [2.75, 3.05) is 0 Å². The van der Waals surface area contributed by atoms with Crippen molar-refractivity contribution in [3.63, 3.8) is 0 Å². The molecule has 1 atom stereocenters. The molecular weight excluding hydrogens is 380 g/mol. The highest BCUT2D eigenvalue weighted by Gasteiger charge is 2.35. The Balaban J connectivity index is 2.11. The first-order chi connectivity index (χ1) is 13.7. The van der Waals surface area contributed by atoms with Crippen LogP contribution in [0.2, 0.25) is 0 Å². The Kier molecular flexibility index (Phi) is 4.15. The summed E-state index contributed by atoms with van der Waals surface area (Å²) in [5, 5.41) is 39.8. The van der Waals surface area contributed by atoms with Gasteiger partial charge in [-0.3, -0.25) is 9.59 Å². The van der Waals surface area contributed by atoms with Crippen LogP contribution < -0.4 is 10.2 Å². The number of fused-ring (bicyclic) bond motifs is 3. The van der Waals surface area contributed by atoms with Crippen LogP contribution in [0.4, 0.5) is 0 Å². The van der Waals surface area contributed by atoms with Crippen molar-refractivity contribution in [2.45, 2.75) is 26.2 Å². The molecule has 1 aromatic heterocycles. The maximum Gasteiger partial charge on any atom is 0.311 e. The number of hydrogen-bond donors (Lipinski definition) is 4. The van der Waals surface area contributed by atoms with E-state index in [-0.39, 0.29) is 52.0 Å². The summed E-state index contributed by atoms with van der Waals surface area (Å²) < 4.78 is 11.1. The van der Waals surface area contributed by atoms with Crippen molar-refractivity contribution < 1.29 is 34.4 Å². The summed E-state index contributed by atoms with van der Waals surface area (Å²) in [6.07, 6.45) is 0.0739. The summed E-state index contributed by atoms with van der Waals surface area (Å²) in [6.45, 7) is 3.81. The van der Waals surface area contributed by atoms with Crippen LogP contribution in [-0.2, 0) is 4.79 Å². The Bertz CT molecular complexity index is 1220. The molecule has 8 nitrogen and oxygen atoms in total. The molecule has 0 spiro atoms. The van der Waals surface area contributed by atoms with Crippen LogP contribution in [0.3, 0.4) is 0 Å². The maximum absolute atomic E-state index is 12.8. The normalized spacial score (nSPS) is 16.1. The molecule has 29 heavy (non-hydrogen) atoms. The van der Waals surface area contributed by atoms with E-state index in [1.807, 2.05) is 13.8 Å². The molecule has 4 N–H and O–H groups in total. The van der Waals surface area contributed by atoms with Crippen molar-refractivity contribution in [1.29, 1.82) is 0 Å². The molecule has 3 aromatic rings. The number of hydrogen-bond acceptors (Lipinski definition) is 8. The minimum Gasteiger partial charge on any atom is -0.507 e. The molecule has 8 heteroatoms. The van der Waals surface area contributed by atoms with Gasteiger partial charge in [0.2, 0.25) is 11.2 Å². The summed E-state index contributed by atoms with van der Waals surface area (Å²) in [5.74, 6) is -3.03. The minimum atomic E-state index is -0.867. The Morgan fingerprint density at radius 1 is 1.00 bits per heavy atom. The lowest BCUT2D eigenvalue weighted by atomic mass is 9.82. The summed E-state index contributed by atoms with van der Waals surface area (Å²) in [7, 11) is 0. The number of ether oxygens (including phenoxy) is 1. The SMILES string of the molecule is CC(C)[C@@H]1CC(=O)Oc2cc(O)c3c(=O)c(O)c(-c4ccc(O)c(O)c4)oc3c21. The summed E-state index contributed by atoms with van der Waals surface area (Å²) >= 11 is 0. The van der Waals surface area contributed by atoms with Gasteiger partial charge < -0.3 is 29.6 Å². The zero-order valence-electron chi connectivity index (χ0n) is 15.6. The number of phenols is 3. The first-order valence-corrected chi connectivity index (χ1v) is 8.97. The Hall–Kier alpha value is -3.68. The molecule has 4 rings (SSSR count). The molecule has 0 amide bonds. The minimum absolute atomic E-state index is 0.00318. The number of benzene rings is 2. The second kappa shape index (κ2) is 6.44. The monoisotopic (exact) mass is 398 g/mol. The van der Waals surface area contributed by atoms with Crippen LogP contribution in [-0.4, -0.2) is 26.4 Å². The molecule has 0 radical (unpaired) electrons. The topological polar surface area (TPSA) is 137 Å². The number of carbonyl (C=O) groups is 1. The van der Waals surface area contributed by atoms with Gasteiger partial charge >= 0.3 is 5.97 Å². The third kappa shape index (κ3) is 2.84. The van der Waals surface area contributed by atoms with Gasteiger partial charge in [-0.1, -0.05) is 13.8 Å². The van der Waals surface area contributed by atoms with E-state index in [1.54, 1.807) is 0 Å². The van der Waals surface area contributed by atoms with Crippen LogP contribution in [0.15, 0.2) is 33.5 Å². The highest BCUT2D eigenvalue weighted by Crippen LogP contribution is 2.47. The zero-order chi connectivity index (χ0) is 21.0. The molecule has 0 unspecified atom stereocenters. The molecule has 0 saturated carbocycles. The summed E-state index contributed by atoms with van der Waals surface area (Å²) in [4.78, 5) is 24.8. The Labute approximate surface area is 164 Å². The lowest BCUT2D eigenvalue weighted by Gasteiger charge is -2.28. The van der Waals surface area contributed by atoms with E-state index in [0.717, 1.165) is 6.07 Å². The van der Waals surface area contributed by atoms with Crippen molar-refractivity contribution >= 4 is 16.9 Å². The Morgan fingerprint density at radius 3 is 2.38 bits per heavy atom. The fourth-order valence-electron chi connectivity index (χ4n) is 3.65. The maximum atomic E-state index is 12.8. The van der Waals surface area contributed by atoms with Crippen LogP contribution in [0.5, 0.6) is 28.7 Å². The number of carbonyl (C=O) groups excluding carboxylic acids is 1. The van der Waals surface area contributed by atoms with Gasteiger partial charge in [0, 0.05) is 23.1 Å². The lowest BCUT2D eigenvalue weighted by Crippen LogP contribution is -2.24. The quantitative estimate of drug-likeness (QED) is 0.293. The number of aromatic hydroxyl groups is 4. The van der Waals surface area contributed by atoms with Crippen molar-refractivity contribution in [3.8, 4) is 40.1 Å². The highest BCUT2D eigenvalue weighted by atomic mass is 16.5. The second-order valence-corrected chi connectivity index (χ2v) is 7.35. The largest absolute Gasteiger partial charge is 0.507 e.